The van der Waals surface area contributed by atoms with Gasteiger partial charge in [0, 0.05) is 73.8 Å². The van der Waals surface area contributed by atoms with Crippen molar-refractivity contribution in [3.05, 3.63) is 112 Å². The average Bonchev–Trinajstić information content (AvgIpc) is 3.93. The number of aromatic amines is 1. The molecule has 3 N–H and O–H groups in total. The zero-order valence-electron chi connectivity index (χ0n) is 36.9. The van der Waals surface area contributed by atoms with E-state index in [2.05, 4.69) is 66.0 Å². The van der Waals surface area contributed by atoms with E-state index in [4.69, 9.17) is 16.6 Å². The Balaban J connectivity index is 0.880. The number of benzene rings is 3. The molecule has 4 aliphatic rings. The summed E-state index contributed by atoms with van der Waals surface area (Å²) in [5.74, 6) is -0.376. The number of hydrogen-bond acceptors (Lipinski definition) is 11. The summed E-state index contributed by atoms with van der Waals surface area (Å²) < 4.78 is 31.8. The molecule has 3 fully saturated rings. The molecular weight excluding hydrogens is 860 g/mol. The lowest BCUT2D eigenvalue weighted by molar-refractivity contribution is 0.0981. The fourth-order valence-corrected chi connectivity index (χ4v) is 11.1. The maximum absolute atomic E-state index is 14.3. The van der Waals surface area contributed by atoms with Crippen LogP contribution in [0.1, 0.15) is 74.7 Å². The lowest BCUT2D eigenvalue weighted by Gasteiger charge is -2.39. The summed E-state index contributed by atoms with van der Waals surface area (Å²) in [5, 5.41) is 11.3. The molecule has 65 heavy (non-hydrogen) atoms. The minimum atomic E-state index is -4.43. The maximum Gasteiger partial charge on any atom is 0.267 e. The molecule has 5 heterocycles. The summed E-state index contributed by atoms with van der Waals surface area (Å²) in [5.41, 5.74) is 8.26. The van der Waals surface area contributed by atoms with Gasteiger partial charge in [-0.15, -0.1) is 4.91 Å². The number of carbonyl (C=O) groups is 1. The Morgan fingerprint density at radius 1 is 0.938 bits per heavy atom. The van der Waals surface area contributed by atoms with Gasteiger partial charge in [-0.25, -0.2) is 23.1 Å². The number of carbonyl (C=O) groups excluding carboxylic acids is 1. The van der Waals surface area contributed by atoms with Gasteiger partial charge in [-0.3, -0.25) is 19.5 Å². The number of nitrogens with one attached hydrogen (secondary N) is 3. The van der Waals surface area contributed by atoms with Gasteiger partial charge in [0.05, 0.1) is 27.4 Å². The maximum atomic E-state index is 14.3. The van der Waals surface area contributed by atoms with Crippen LogP contribution in [0.5, 0.6) is 0 Å². The largest absolute Gasteiger partial charge is 0.383 e. The zero-order valence-corrected chi connectivity index (χ0v) is 38.5. The lowest BCUT2D eigenvalue weighted by atomic mass is 9.72. The highest BCUT2D eigenvalue weighted by Gasteiger charge is 2.33. The van der Waals surface area contributed by atoms with Crippen molar-refractivity contribution >= 4 is 72.2 Å². The van der Waals surface area contributed by atoms with Gasteiger partial charge in [0.1, 0.15) is 11.2 Å². The molecule has 14 nitrogen and oxygen atoms in total. The molecule has 0 bridgehead atoms. The molecule has 3 aromatic carbocycles. The van der Waals surface area contributed by atoms with Crippen LogP contribution in [0.2, 0.25) is 5.02 Å². The van der Waals surface area contributed by atoms with Gasteiger partial charge in [0.15, 0.2) is 5.65 Å². The Labute approximate surface area is 384 Å². The standard InChI is InChI=1S/C49H55ClN10O4S/c1-49(2)17-13-35(41(28-49)33-3-5-36(50)6-4-33)31-57-21-23-59(24-22-57)38-9-11-40(45(26-38)60-46-25-34-14-18-51-47(34)54-44(46)30-53-60)48(61)56-65(63,64)39-10-12-42(43(27-39)55-62)52-29-32-15-19-58(20-16-32)37-7-8-37/h3-6,9-12,14,18,25-27,30,32,37,52-53H,7-8,13,15-17,19-24,28-29,31H2,1-2H3,(H,56,61). The number of likely N-dealkylation sites (tertiary alicyclic amines) is 1. The molecule has 338 valence electrons. The monoisotopic (exact) mass is 914 g/mol. The number of halogens is 1. The third-order valence-corrected chi connectivity index (χ3v) is 15.5. The molecular formula is C49H55ClN10O4S. The number of pyridine rings is 1. The van der Waals surface area contributed by atoms with E-state index >= 15 is 0 Å². The summed E-state index contributed by atoms with van der Waals surface area (Å²) >= 11 is 6.27. The van der Waals surface area contributed by atoms with Gasteiger partial charge in [0.25, 0.3) is 15.9 Å². The first-order chi connectivity index (χ1) is 31.4. The Morgan fingerprint density at radius 3 is 2.48 bits per heavy atom. The average molecular weight is 916 g/mol. The van der Waals surface area contributed by atoms with Crippen molar-refractivity contribution in [2.45, 2.75) is 69.7 Å². The van der Waals surface area contributed by atoms with E-state index in [0.717, 1.165) is 100 Å². The number of allylic oxidation sites excluding steroid dienone is 1. The van der Waals surface area contributed by atoms with Crippen molar-refractivity contribution in [3.8, 4) is 5.69 Å². The van der Waals surface area contributed by atoms with E-state index < -0.39 is 15.9 Å². The second-order valence-electron chi connectivity index (χ2n) is 19.1. The van der Waals surface area contributed by atoms with Crippen LogP contribution in [0, 0.1) is 16.2 Å². The molecule has 0 atom stereocenters. The van der Waals surface area contributed by atoms with Crippen molar-refractivity contribution in [3.63, 3.8) is 0 Å². The summed E-state index contributed by atoms with van der Waals surface area (Å²) in [6.45, 7) is 11.7. The smallest absolute Gasteiger partial charge is 0.267 e. The van der Waals surface area contributed by atoms with Crippen molar-refractivity contribution in [1.29, 1.82) is 0 Å². The molecule has 0 spiro atoms. The fraction of sp³-hybridized carbons (Fsp3) is 0.408. The highest BCUT2D eigenvalue weighted by molar-refractivity contribution is 7.90. The SMILES string of the molecule is CC1(C)CCC(CN2CCN(c3ccc(C(=O)NS(=O)(=O)c4ccc(NCC5CCN(C6CC6)CC5)c(N=O)c4)c(-n4[nH]cc5nc6nccc6cc54)c3)CC2)=C(c2ccc(Cl)cc2)C1. The number of sulfonamides is 1. The Morgan fingerprint density at radius 2 is 1.72 bits per heavy atom. The second-order valence-corrected chi connectivity index (χ2v) is 21.2. The number of piperazine rings is 1. The molecule has 6 aromatic rings. The predicted molar refractivity (Wildman–Crippen MR) is 258 cm³/mol. The van der Waals surface area contributed by atoms with E-state index in [0.29, 0.717) is 40.5 Å². The van der Waals surface area contributed by atoms with E-state index in [1.807, 2.05) is 36.4 Å². The quantitative estimate of drug-likeness (QED) is 0.0954. The van der Waals surface area contributed by atoms with Crippen LogP contribution in [-0.4, -0.2) is 102 Å². The number of nitrogens with zero attached hydrogens (tertiary/aromatic N) is 7. The molecule has 16 heteroatoms. The molecule has 2 aliphatic carbocycles. The van der Waals surface area contributed by atoms with Crippen molar-refractivity contribution in [2.75, 3.05) is 62.6 Å². The van der Waals surface area contributed by atoms with Crippen LogP contribution in [0.15, 0.2) is 101 Å². The van der Waals surface area contributed by atoms with E-state index in [1.54, 1.807) is 29.2 Å². The molecule has 10 rings (SSSR count). The van der Waals surface area contributed by atoms with Crippen LogP contribution >= 0.6 is 11.6 Å². The number of anilines is 2. The van der Waals surface area contributed by atoms with Gasteiger partial charge in [-0.1, -0.05) is 43.2 Å². The first kappa shape index (κ1) is 43.3. The minimum absolute atomic E-state index is 0.0310. The van der Waals surface area contributed by atoms with E-state index in [9.17, 15) is 18.1 Å². The van der Waals surface area contributed by atoms with Crippen LogP contribution in [0.3, 0.4) is 0 Å². The normalized spacial score (nSPS) is 19.0. The molecule has 1 amide bonds. The summed E-state index contributed by atoms with van der Waals surface area (Å²) in [6.07, 6.45) is 11.4. The molecule has 3 aromatic heterocycles. The van der Waals surface area contributed by atoms with Crippen LogP contribution in [0.25, 0.3) is 33.3 Å². The summed E-state index contributed by atoms with van der Waals surface area (Å²) in [4.78, 5) is 42.5. The van der Waals surface area contributed by atoms with Gasteiger partial charge in [-0.2, -0.15) is 0 Å². The number of rotatable bonds is 13. The van der Waals surface area contributed by atoms with Crippen LogP contribution in [0.4, 0.5) is 17.1 Å². The van der Waals surface area contributed by atoms with Gasteiger partial charge in [-0.05, 0) is 146 Å². The highest BCUT2D eigenvalue weighted by Crippen LogP contribution is 2.43. The minimum Gasteiger partial charge on any atom is -0.383 e. The molecule has 1 saturated carbocycles. The second kappa shape index (κ2) is 17.6. The first-order valence-electron chi connectivity index (χ1n) is 22.8. The highest BCUT2D eigenvalue weighted by atomic mass is 35.5. The van der Waals surface area contributed by atoms with Crippen LogP contribution in [-0.2, 0) is 10.0 Å². The number of aromatic nitrogens is 4. The number of nitroso groups, excluding NO2 is 1. The summed E-state index contributed by atoms with van der Waals surface area (Å²) in [6, 6.07) is 22.5. The molecule has 2 aliphatic heterocycles. The Hall–Kier alpha value is -5.61. The van der Waals surface area contributed by atoms with E-state index in [-0.39, 0.29) is 21.6 Å². The molecule has 0 unspecified atom stereocenters. The van der Waals surface area contributed by atoms with Crippen LogP contribution < -0.4 is 14.9 Å². The Bertz CT molecular complexity index is 2910. The van der Waals surface area contributed by atoms with E-state index in [1.165, 1.54) is 41.7 Å². The zero-order chi connectivity index (χ0) is 44.9. The third kappa shape index (κ3) is 9.29. The molecule has 2 saturated heterocycles. The number of amides is 1. The van der Waals surface area contributed by atoms with Gasteiger partial charge < -0.3 is 15.1 Å². The Kier molecular flexibility index (Phi) is 11.8. The van der Waals surface area contributed by atoms with Gasteiger partial charge >= 0.3 is 0 Å². The first-order valence-corrected chi connectivity index (χ1v) is 24.7. The van der Waals surface area contributed by atoms with Gasteiger partial charge in [0.2, 0.25) is 0 Å². The fourth-order valence-electron chi connectivity index (χ4n) is 9.96. The number of hydrogen-bond donors (Lipinski definition) is 3. The van der Waals surface area contributed by atoms with Crippen molar-refractivity contribution in [2.24, 2.45) is 16.5 Å². The third-order valence-electron chi connectivity index (χ3n) is 14.0. The topological polar surface area (TPSA) is 161 Å². The number of fused-ring (bicyclic) bond motifs is 2. The summed E-state index contributed by atoms with van der Waals surface area (Å²) in [7, 11) is -4.43. The van der Waals surface area contributed by atoms with Crippen molar-refractivity contribution in [1.82, 2.24) is 34.3 Å². The lowest BCUT2D eigenvalue weighted by Crippen LogP contribution is -2.47. The number of piperidine rings is 1. The predicted octanol–water partition coefficient (Wildman–Crippen LogP) is 9.14. The van der Waals surface area contributed by atoms with Crippen molar-refractivity contribution < 1.29 is 13.2 Å². The molecule has 0 radical (unpaired) electrons. The number of H-pyrrole nitrogens is 1.